The molecule has 0 aromatic heterocycles. The lowest BCUT2D eigenvalue weighted by molar-refractivity contribution is -0.198. The van der Waals surface area contributed by atoms with E-state index < -0.39 is 17.8 Å². The quantitative estimate of drug-likeness (QED) is 0.209. The van der Waals surface area contributed by atoms with Crippen molar-refractivity contribution in [1.82, 2.24) is 14.9 Å². The van der Waals surface area contributed by atoms with Crippen molar-refractivity contribution in [3.05, 3.63) is 0 Å². The Kier molecular flexibility index (Phi) is 13.7. The largest absolute Gasteiger partial charge is 0.378 e. The Hall–Kier alpha value is -1.63. The highest BCUT2D eigenvalue weighted by Gasteiger charge is 2.32. The first-order valence-corrected chi connectivity index (χ1v) is 12.6. The molecule has 2 saturated heterocycles. The fourth-order valence-corrected chi connectivity index (χ4v) is 3.76. The molecule has 0 radical (unpaired) electrons. The van der Waals surface area contributed by atoms with Crippen molar-refractivity contribution in [3.8, 4) is 0 Å². The van der Waals surface area contributed by atoms with Crippen LogP contribution in [0.15, 0.2) is 0 Å². The van der Waals surface area contributed by atoms with Gasteiger partial charge in [-0.1, -0.05) is 20.8 Å². The van der Waals surface area contributed by atoms with Gasteiger partial charge in [-0.15, -0.1) is 5.06 Å². The molecule has 35 heavy (non-hydrogen) atoms. The van der Waals surface area contributed by atoms with E-state index in [2.05, 4.69) is 30.6 Å². The number of carbonyl (C=O) groups excluding carboxylic acids is 3. The number of hydroxylamine groups is 2. The molecule has 11 nitrogen and oxygen atoms in total. The summed E-state index contributed by atoms with van der Waals surface area (Å²) in [4.78, 5) is 44.1. The number of imide groups is 1. The van der Waals surface area contributed by atoms with Crippen molar-refractivity contribution < 1.29 is 38.2 Å². The van der Waals surface area contributed by atoms with Gasteiger partial charge in [-0.3, -0.25) is 14.5 Å². The van der Waals surface area contributed by atoms with Crippen LogP contribution < -0.4 is 0 Å². The normalized spacial score (nSPS) is 18.0. The second kappa shape index (κ2) is 16.2. The fraction of sp³-hybridized carbons (Fsp3) is 0.875. The summed E-state index contributed by atoms with van der Waals surface area (Å²) in [5.41, 5.74) is 0.350. The van der Waals surface area contributed by atoms with Gasteiger partial charge in [0.1, 0.15) is 0 Å². The Balaban J connectivity index is 1.30. The van der Waals surface area contributed by atoms with Gasteiger partial charge < -0.3 is 28.7 Å². The molecule has 0 aliphatic carbocycles. The van der Waals surface area contributed by atoms with Gasteiger partial charge in [-0.05, 0) is 5.41 Å². The van der Waals surface area contributed by atoms with Crippen LogP contribution in [0.5, 0.6) is 0 Å². The summed E-state index contributed by atoms with van der Waals surface area (Å²) >= 11 is 0. The minimum absolute atomic E-state index is 0.0480. The summed E-state index contributed by atoms with van der Waals surface area (Å²) in [5.74, 6) is -1.66. The highest BCUT2D eigenvalue weighted by Crippen LogP contribution is 2.16. The number of hydrogen-bond donors (Lipinski definition) is 0. The maximum Gasteiger partial charge on any atom is 0.335 e. The van der Waals surface area contributed by atoms with Gasteiger partial charge >= 0.3 is 5.97 Å². The zero-order chi connectivity index (χ0) is 25.5. The van der Waals surface area contributed by atoms with E-state index in [0.717, 1.165) is 39.3 Å². The maximum atomic E-state index is 11.6. The molecular formula is C24H43N3O8. The van der Waals surface area contributed by atoms with Crippen LogP contribution in [-0.2, 0) is 38.2 Å². The number of ether oxygens (including phenoxy) is 4. The third kappa shape index (κ3) is 13.3. The highest BCUT2D eigenvalue weighted by atomic mass is 16.7. The summed E-state index contributed by atoms with van der Waals surface area (Å²) < 4.78 is 21.9. The summed E-state index contributed by atoms with van der Waals surface area (Å²) in [6.45, 7) is 17.0. The molecule has 0 aromatic carbocycles. The second-order valence-corrected chi connectivity index (χ2v) is 9.92. The summed E-state index contributed by atoms with van der Waals surface area (Å²) in [6.07, 6.45) is 0.104. The minimum Gasteiger partial charge on any atom is -0.378 e. The summed E-state index contributed by atoms with van der Waals surface area (Å²) in [7, 11) is 0. The Morgan fingerprint density at radius 3 is 1.69 bits per heavy atom. The Bertz CT molecular complexity index is 631. The fourth-order valence-electron chi connectivity index (χ4n) is 3.76. The predicted molar refractivity (Wildman–Crippen MR) is 127 cm³/mol. The molecule has 2 aliphatic rings. The van der Waals surface area contributed by atoms with Crippen LogP contribution in [0.2, 0.25) is 0 Å². The van der Waals surface area contributed by atoms with E-state index in [1.165, 1.54) is 0 Å². The van der Waals surface area contributed by atoms with Gasteiger partial charge in [0.05, 0.1) is 59.3 Å². The second-order valence-electron chi connectivity index (χ2n) is 9.92. The van der Waals surface area contributed by atoms with E-state index in [4.69, 9.17) is 23.8 Å². The van der Waals surface area contributed by atoms with Gasteiger partial charge in [-0.2, -0.15) is 0 Å². The molecule has 2 aliphatic heterocycles. The summed E-state index contributed by atoms with van der Waals surface area (Å²) in [5, 5.41) is 0.534. The SMILES string of the molecule is CC(C)(C)CN1CCN(CCOCCOCCOCCOCCC(=O)ON2C(=O)CCC2=O)CC1. The average Bonchev–Trinajstić information content (AvgIpc) is 3.11. The lowest BCUT2D eigenvalue weighted by atomic mass is 9.96. The van der Waals surface area contributed by atoms with E-state index >= 15 is 0 Å². The molecule has 0 bridgehead atoms. The first-order chi connectivity index (χ1) is 16.7. The zero-order valence-electron chi connectivity index (χ0n) is 21.6. The molecule has 11 heteroatoms. The molecule has 0 N–H and O–H groups in total. The van der Waals surface area contributed by atoms with Gasteiger partial charge in [-0.25, -0.2) is 4.79 Å². The van der Waals surface area contributed by atoms with E-state index in [-0.39, 0.29) is 25.9 Å². The molecule has 0 atom stereocenters. The third-order valence-corrected chi connectivity index (χ3v) is 5.48. The number of amides is 2. The Morgan fingerprint density at radius 1 is 0.714 bits per heavy atom. The van der Waals surface area contributed by atoms with Gasteiger partial charge in [0.15, 0.2) is 0 Å². The molecule has 2 fully saturated rings. The van der Waals surface area contributed by atoms with Crippen molar-refractivity contribution >= 4 is 17.8 Å². The molecule has 2 rings (SSSR count). The smallest absolute Gasteiger partial charge is 0.335 e. The van der Waals surface area contributed by atoms with Crippen molar-refractivity contribution in [2.45, 2.75) is 40.0 Å². The van der Waals surface area contributed by atoms with Crippen LogP contribution in [-0.4, -0.2) is 125 Å². The van der Waals surface area contributed by atoms with Crippen LogP contribution in [0.3, 0.4) is 0 Å². The zero-order valence-corrected chi connectivity index (χ0v) is 21.6. The molecule has 0 unspecified atom stereocenters. The lowest BCUT2D eigenvalue weighted by Crippen LogP contribution is -2.49. The first-order valence-electron chi connectivity index (χ1n) is 12.6. The Morgan fingerprint density at radius 2 is 1.17 bits per heavy atom. The number of nitrogens with zero attached hydrogens (tertiary/aromatic N) is 3. The van der Waals surface area contributed by atoms with Crippen molar-refractivity contribution in [3.63, 3.8) is 0 Å². The molecule has 2 heterocycles. The highest BCUT2D eigenvalue weighted by molar-refractivity contribution is 6.01. The van der Waals surface area contributed by atoms with Crippen LogP contribution >= 0.6 is 0 Å². The van der Waals surface area contributed by atoms with Crippen molar-refractivity contribution in [2.75, 3.05) is 92.1 Å². The maximum absolute atomic E-state index is 11.6. The molecule has 2 amide bonds. The predicted octanol–water partition coefficient (Wildman–Crippen LogP) is 0.714. The molecule has 0 aromatic rings. The third-order valence-electron chi connectivity index (χ3n) is 5.48. The van der Waals surface area contributed by atoms with Gasteiger partial charge in [0, 0.05) is 52.1 Å². The molecular weight excluding hydrogens is 458 g/mol. The van der Waals surface area contributed by atoms with Crippen LogP contribution in [0.4, 0.5) is 0 Å². The molecule has 202 valence electrons. The van der Waals surface area contributed by atoms with Gasteiger partial charge in [0.2, 0.25) is 0 Å². The number of rotatable bonds is 17. The van der Waals surface area contributed by atoms with E-state index in [0.29, 0.717) is 56.7 Å². The number of piperazine rings is 1. The molecule has 0 spiro atoms. The van der Waals surface area contributed by atoms with E-state index in [1.54, 1.807) is 0 Å². The van der Waals surface area contributed by atoms with Gasteiger partial charge in [0.25, 0.3) is 11.8 Å². The Labute approximate surface area is 208 Å². The number of carbonyl (C=O) groups is 3. The monoisotopic (exact) mass is 501 g/mol. The lowest BCUT2D eigenvalue weighted by Gasteiger charge is -2.37. The topological polar surface area (TPSA) is 107 Å². The van der Waals surface area contributed by atoms with Crippen LogP contribution in [0.25, 0.3) is 0 Å². The number of hydrogen-bond acceptors (Lipinski definition) is 10. The molecule has 0 saturated carbocycles. The van der Waals surface area contributed by atoms with Crippen molar-refractivity contribution in [1.29, 1.82) is 0 Å². The first kappa shape index (κ1) is 29.6. The minimum atomic E-state index is -0.677. The van der Waals surface area contributed by atoms with E-state index in [9.17, 15) is 14.4 Å². The van der Waals surface area contributed by atoms with Crippen LogP contribution in [0, 0.1) is 5.41 Å². The summed E-state index contributed by atoms with van der Waals surface area (Å²) in [6, 6.07) is 0. The van der Waals surface area contributed by atoms with Crippen LogP contribution in [0.1, 0.15) is 40.0 Å². The standard InChI is InChI=1S/C24H43N3O8/c1-24(2,3)20-26-9-7-25(8-10-26)11-13-32-15-17-34-19-18-33-16-14-31-12-6-23(30)35-27-21(28)4-5-22(27)29/h4-20H2,1-3H3. The average molecular weight is 502 g/mol. The van der Waals surface area contributed by atoms with E-state index in [1.807, 2.05) is 0 Å². The van der Waals surface area contributed by atoms with Crippen molar-refractivity contribution in [2.24, 2.45) is 5.41 Å².